The van der Waals surface area contributed by atoms with Crippen molar-refractivity contribution in [2.45, 2.75) is 6.92 Å². The van der Waals surface area contributed by atoms with Crippen LogP contribution in [0.1, 0.15) is 12.5 Å². The summed E-state index contributed by atoms with van der Waals surface area (Å²) >= 11 is 6.78. The molecule has 0 spiro atoms. The third-order valence-corrected chi connectivity index (χ3v) is 4.08. The predicted octanol–water partition coefficient (Wildman–Crippen LogP) is 2.49. The zero-order chi connectivity index (χ0) is 18.4. The summed E-state index contributed by atoms with van der Waals surface area (Å²) in [5.74, 6) is -1.61. The number of thioether (sulfide) groups is 1. The van der Waals surface area contributed by atoms with Gasteiger partial charge in [0, 0.05) is 11.6 Å². The Balaban J connectivity index is 2.12. The van der Waals surface area contributed by atoms with Crippen LogP contribution in [0.5, 0.6) is 5.75 Å². The topological polar surface area (TPSA) is 89.4 Å². The van der Waals surface area contributed by atoms with E-state index < -0.39 is 17.7 Å². The number of benzene rings is 1. The fourth-order valence-corrected chi connectivity index (χ4v) is 2.66. The van der Waals surface area contributed by atoms with E-state index in [4.69, 9.17) is 16.3 Å². The van der Waals surface area contributed by atoms with Crippen molar-refractivity contribution in [3.63, 3.8) is 0 Å². The highest BCUT2D eigenvalue weighted by atomic mass is 35.5. The van der Waals surface area contributed by atoms with Crippen molar-refractivity contribution in [3.8, 4) is 5.75 Å². The van der Waals surface area contributed by atoms with Gasteiger partial charge in [-0.25, -0.2) is 9.18 Å². The van der Waals surface area contributed by atoms with E-state index in [1.54, 1.807) is 6.92 Å². The average molecular weight is 386 g/mol. The summed E-state index contributed by atoms with van der Waals surface area (Å²) in [5, 5.41) is 9.89. The molecule has 0 aliphatic carbocycles. The third-order valence-electron chi connectivity index (χ3n) is 2.82. The SMILES string of the molecule is CCOc1ccc(C=N/N=C2/NC(=O)/C(=C\C(=O)OC)S2)c(F)c1Cl. The number of hydrogen-bond acceptors (Lipinski definition) is 7. The maximum absolute atomic E-state index is 14.1. The van der Waals surface area contributed by atoms with Gasteiger partial charge < -0.3 is 9.47 Å². The van der Waals surface area contributed by atoms with Gasteiger partial charge in [-0.3, -0.25) is 10.1 Å². The van der Waals surface area contributed by atoms with E-state index in [9.17, 15) is 14.0 Å². The molecule has 0 unspecified atom stereocenters. The number of amidine groups is 1. The molecule has 0 radical (unpaired) electrons. The highest BCUT2D eigenvalue weighted by molar-refractivity contribution is 8.18. The molecule has 0 bridgehead atoms. The highest BCUT2D eigenvalue weighted by Gasteiger charge is 2.25. The summed E-state index contributed by atoms with van der Waals surface area (Å²) in [4.78, 5) is 22.9. The lowest BCUT2D eigenvalue weighted by molar-refractivity contribution is -0.135. The summed E-state index contributed by atoms with van der Waals surface area (Å²) in [6, 6.07) is 2.96. The Morgan fingerprint density at radius 3 is 2.92 bits per heavy atom. The number of amides is 1. The Kier molecular flexibility index (Phi) is 6.54. The van der Waals surface area contributed by atoms with Gasteiger partial charge in [0.1, 0.15) is 10.8 Å². The average Bonchev–Trinajstić information content (AvgIpc) is 2.93. The molecule has 1 N–H and O–H groups in total. The van der Waals surface area contributed by atoms with E-state index in [-0.39, 0.29) is 26.4 Å². The standard InChI is InChI=1S/C15H13ClFN3O4S/c1-3-24-9-5-4-8(13(17)12(9)16)7-18-20-15-19-14(22)10(25-15)6-11(21)23-2/h4-7H,3H2,1-2H3,(H,19,20,22)/b10-6+,18-7?. The molecule has 0 aromatic heterocycles. The molecule has 0 atom stereocenters. The number of carbonyl (C=O) groups is 2. The van der Waals surface area contributed by atoms with Crippen LogP contribution in [0.3, 0.4) is 0 Å². The maximum atomic E-state index is 14.1. The van der Waals surface area contributed by atoms with E-state index in [0.717, 1.165) is 24.1 Å². The summed E-state index contributed by atoms with van der Waals surface area (Å²) < 4.78 is 23.7. The van der Waals surface area contributed by atoms with Gasteiger partial charge in [0.2, 0.25) is 0 Å². The van der Waals surface area contributed by atoms with Crippen molar-refractivity contribution < 1.29 is 23.5 Å². The number of ether oxygens (including phenoxy) is 2. The number of nitrogens with one attached hydrogen (secondary N) is 1. The molecule has 1 heterocycles. The summed E-state index contributed by atoms with van der Waals surface area (Å²) in [7, 11) is 1.20. The van der Waals surface area contributed by atoms with Crippen LogP contribution >= 0.6 is 23.4 Å². The van der Waals surface area contributed by atoms with Gasteiger partial charge in [0.05, 0.1) is 24.8 Å². The van der Waals surface area contributed by atoms with E-state index in [0.29, 0.717) is 6.61 Å². The Morgan fingerprint density at radius 2 is 2.24 bits per heavy atom. The quantitative estimate of drug-likeness (QED) is 0.364. The van der Waals surface area contributed by atoms with Crippen LogP contribution in [0.25, 0.3) is 0 Å². The maximum Gasteiger partial charge on any atom is 0.331 e. The van der Waals surface area contributed by atoms with Crippen molar-refractivity contribution in [1.82, 2.24) is 5.32 Å². The molecule has 1 aromatic rings. The Bertz CT molecular complexity index is 795. The molecule has 0 saturated carbocycles. The zero-order valence-electron chi connectivity index (χ0n) is 13.2. The van der Waals surface area contributed by atoms with Crippen LogP contribution in [-0.2, 0) is 14.3 Å². The summed E-state index contributed by atoms with van der Waals surface area (Å²) in [6.45, 7) is 2.12. The first-order chi connectivity index (χ1) is 12.0. The number of rotatable bonds is 5. The molecule has 1 aliphatic heterocycles. The molecule has 1 saturated heterocycles. The number of nitrogens with zero attached hydrogens (tertiary/aromatic N) is 2. The molecule has 2 rings (SSSR count). The second-order valence-electron chi connectivity index (χ2n) is 4.45. The summed E-state index contributed by atoms with van der Waals surface area (Å²) in [5.41, 5.74) is 0.109. The first kappa shape index (κ1) is 18.9. The van der Waals surface area contributed by atoms with E-state index in [2.05, 4.69) is 20.3 Å². The lowest BCUT2D eigenvalue weighted by Gasteiger charge is -2.07. The van der Waals surface area contributed by atoms with Gasteiger partial charge in [-0.2, -0.15) is 5.10 Å². The van der Waals surface area contributed by atoms with Gasteiger partial charge in [0.25, 0.3) is 5.91 Å². The largest absolute Gasteiger partial charge is 0.492 e. The van der Waals surface area contributed by atoms with E-state index in [1.807, 2.05) is 0 Å². The second kappa shape index (κ2) is 8.63. The Labute approximate surface area is 151 Å². The van der Waals surface area contributed by atoms with Gasteiger partial charge >= 0.3 is 5.97 Å². The van der Waals surface area contributed by atoms with Gasteiger partial charge in [0.15, 0.2) is 11.0 Å². The fraction of sp³-hybridized carbons (Fsp3) is 0.200. The first-order valence-corrected chi connectivity index (χ1v) is 8.16. The number of esters is 1. The minimum absolute atomic E-state index is 0.109. The van der Waals surface area contributed by atoms with E-state index in [1.165, 1.54) is 19.2 Å². The number of methoxy groups -OCH3 is 1. The van der Waals surface area contributed by atoms with Gasteiger partial charge in [-0.15, -0.1) is 5.10 Å². The van der Waals surface area contributed by atoms with Crippen molar-refractivity contribution in [3.05, 3.63) is 39.5 Å². The van der Waals surface area contributed by atoms with Crippen LogP contribution in [0.2, 0.25) is 5.02 Å². The smallest absolute Gasteiger partial charge is 0.331 e. The van der Waals surface area contributed by atoms with Crippen LogP contribution < -0.4 is 10.1 Å². The van der Waals surface area contributed by atoms with Crippen molar-refractivity contribution in [2.75, 3.05) is 13.7 Å². The normalized spacial score (nSPS) is 17.4. The van der Waals surface area contributed by atoms with Crippen LogP contribution in [0.4, 0.5) is 4.39 Å². The van der Waals surface area contributed by atoms with Crippen LogP contribution in [-0.4, -0.2) is 37.0 Å². The highest BCUT2D eigenvalue weighted by Crippen LogP contribution is 2.29. The van der Waals surface area contributed by atoms with Crippen LogP contribution in [0.15, 0.2) is 33.3 Å². The molecular weight excluding hydrogens is 373 g/mol. The third kappa shape index (κ3) is 4.80. The van der Waals surface area contributed by atoms with Gasteiger partial charge in [-0.1, -0.05) is 11.6 Å². The lowest BCUT2D eigenvalue weighted by atomic mass is 10.2. The minimum Gasteiger partial charge on any atom is -0.492 e. The molecular formula is C15H13ClFN3O4S. The monoisotopic (exact) mass is 385 g/mol. The van der Waals surface area contributed by atoms with Crippen molar-refractivity contribution in [1.29, 1.82) is 0 Å². The number of halogens is 2. The molecule has 1 aromatic carbocycles. The number of carbonyl (C=O) groups excluding carboxylic acids is 2. The molecule has 1 aliphatic rings. The van der Waals surface area contributed by atoms with E-state index >= 15 is 0 Å². The molecule has 7 nitrogen and oxygen atoms in total. The number of hydrogen-bond donors (Lipinski definition) is 1. The molecule has 132 valence electrons. The Morgan fingerprint density at radius 1 is 1.48 bits per heavy atom. The molecule has 1 amide bonds. The Hall–Kier alpha value is -2.39. The fourth-order valence-electron chi connectivity index (χ4n) is 1.70. The van der Waals surface area contributed by atoms with Crippen molar-refractivity contribution in [2.24, 2.45) is 10.2 Å². The lowest BCUT2D eigenvalue weighted by Crippen LogP contribution is -2.19. The van der Waals surface area contributed by atoms with Crippen LogP contribution in [0, 0.1) is 5.82 Å². The minimum atomic E-state index is -0.689. The predicted molar refractivity (Wildman–Crippen MR) is 93.4 cm³/mol. The molecule has 25 heavy (non-hydrogen) atoms. The second-order valence-corrected chi connectivity index (χ2v) is 5.86. The van der Waals surface area contributed by atoms with Crippen molar-refractivity contribution >= 4 is 46.6 Å². The summed E-state index contributed by atoms with van der Waals surface area (Å²) in [6.07, 6.45) is 2.19. The first-order valence-electron chi connectivity index (χ1n) is 6.97. The molecule has 10 heteroatoms. The molecule has 1 fully saturated rings. The van der Waals surface area contributed by atoms with Gasteiger partial charge in [-0.05, 0) is 30.8 Å². The zero-order valence-corrected chi connectivity index (χ0v) is 14.8.